The van der Waals surface area contributed by atoms with Crippen molar-refractivity contribution in [2.45, 2.75) is 51.1 Å². The predicted molar refractivity (Wildman–Crippen MR) is 176 cm³/mol. The molecule has 0 fully saturated rings. The molecule has 0 aliphatic rings. The van der Waals surface area contributed by atoms with Gasteiger partial charge in [-0.05, 0) is 65.2 Å². The number of amides is 2. The first kappa shape index (κ1) is 36.6. The van der Waals surface area contributed by atoms with Crippen molar-refractivity contribution in [1.29, 1.82) is 0 Å². The second kappa shape index (κ2) is 16.1. The lowest BCUT2D eigenvalue weighted by Gasteiger charge is -2.33. The monoisotopic (exact) mass is 743 g/mol. The Hall–Kier alpha value is -3.90. The fourth-order valence-electron chi connectivity index (χ4n) is 4.77. The second-order valence-corrected chi connectivity index (χ2v) is 14.6. The molecule has 0 saturated heterocycles. The van der Waals surface area contributed by atoms with Crippen LogP contribution in [0.3, 0.4) is 0 Å². The van der Waals surface area contributed by atoms with Crippen LogP contribution < -0.4 is 29.7 Å². The fourth-order valence-corrected chi connectivity index (χ4v) is 7.52. The van der Waals surface area contributed by atoms with E-state index in [-0.39, 0.29) is 34.4 Å². The predicted octanol–water partition coefficient (Wildman–Crippen LogP) is 4.87. The van der Waals surface area contributed by atoms with E-state index in [1.807, 2.05) is 13.8 Å². The Bertz CT molecular complexity index is 1590. The second-order valence-electron chi connectivity index (χ2n) is 11.1. The number of carbonyl (C=O) groups is 2. The van der Waals surface area contributed by atoms with Gasteiger partial charge in [-0.25, -0.2) is 32.3 Å². The summed E-state index contributed by atoms with van der Waals surface area (Å²) in [6, 6.07) is 6.05. The first-order valence-corrected chi connectivity index (χ1v) is 17.0. The van der Waals surface area contributed by atoms with Gasteiger partial charge in [0.15, 0.2) is 0 Å². The molecule has 18 heteroatoms. The number of aromatic nitrogens is 3. The zero-order chi connectivity index (χ0) is 34.1. The Morgan fingerprint density at radius 1 is 1.13 bits per heavy atom. The van der Waals surface area contributed by atoms with Crippen LogP contribution in [0.1, 0.15) is 39.2 Å². The van der Waals surface area contributed by atoms with Crippen LogP contribution in [0.2, 0.25) is 0 Å². The summed E-state index contributed by atoms with van der Waals surface area (Å²) in [4.78, 5) is 30.7. The molecule has 46 heavy (non-hydrogen) atoms. The molecule has 2 heterocycles. The first-order chi connectivity index (χ1) is 21.7. The molecule has 0 spiro atoms. The lowest BCUT2D eigenvalue weighted by molar-refractivity contribution is 0.173. The van der Waals surface area contributed by atoms with Crippen molar-refractivity contribution in [2.24, 2.45) is 11.3 Å². The molecule has 3 rings (SSSR count). The molecule has 2 unspecified atom stereocenters. The van der Waals surface area contributed by atoms with Crippen LogP contribution in [0.5, 0.6) is 11.5 Å². The van der Waals surface area contributed by atoms with E-state index in [2.05, 4.69) is 46.2 Å². The SMILES string of the molecule is COc1ccc(CN(c2ncns2)S(=O)(=O)c2cnc(NCC(CC(C)(C)CCNC(=O)O)C(C)NC(=O)O)c(Br)c2)c(OC)c1. The Balaban J connectivity index is 1.84. The minimum absolute atomic E-state index is 0.0999. The Morgan fingerprint density at radius 3 is 2.46 bits per heavy atom. The Kier molecular flexibility index (Phi) is 12.8. The fraction of sp³-hybridized carbons (Fsp3) is 0.464. The van der Waals surface area contributed by atoms with Crippen molar-refractivity contribution in [3.63, 3.8) is 0 Å². The number of carboxylic acid groups (broad SMARTS) is 2. The van der Waals surface area contributed by atoms with Crippen LogP contribution in [0.15, 0.2) is 46.2 Å². The lowest BCUT2D eigenvalue weighted by Crippen LogP contribution is -2.42. The van der Waals surface area contributed by atoms with Gasteiger partial charge in [-0.1, -0.05) is 13.8 Å². The van der Waals surface area contributed by atoms with Gasteiger partial charge in [-0.3, -0.25) is 0 Å². The Morgan fingerprint density at radius 2 is 1.87 bits per heavy atom. The molecular weight excluding hydrogens is 706 g/mol. The molecule has 0 radical (unpaired) electrons. The van der Waals surface area contributed by atoms with E-state index in [0.717, 1.165) is 15.8 Å². The average Bonchev–Trinajstić information content (AvgIpc) is 3.52. The summed E-state index contributed by atoms with van der Waals surface area (Å²) in [5, 5.41) is 26.5. The van der Waals surface area contributed by atoms with Gasteiger partial charge in [-0.15, -0.1) is 0 Å². The van der Waals surface area contributed by atoms with E-state index in [0.29, 0.717) is 46.7 Å². The third-order valence-electron chi connectivity index (χ3n) is 7.26. The molecule has 2 aromatic heterocycles. The highest BCUT2D eigenvalue weighted by molar-refractivity contribution is 9.10. The van der Waals surface area contributed by atoms with Gasteiger partial charge in [0.05, 0.1) is 25.2 Å². The number of nitrogens with one attached hydrogen (secondary N) is 3. The highest BCUT2D eigenvalue weighted by Crippen LogP contribution is 2.34. The third kappa shape index (κ3) is 10.1. The number of hydrogen-bond donors (Lipinski definition) is 5. The molecule has 0 saturated carbocycles. The standard InChI is InChI=1S/C28H38BrN7O8S2/c1-17(35-27(39)40)19(12-28(2,3)8-9-30-26(37)38)13-31-24-22(29)11-21(14-32-24)46(41,42)36(25-33-16-34-45-25)15-18-6-7-20(43-4)10-23(18)44-5/h6-7,10-11,14,16-17,19,30,35H,8-9,12-13,15H2,1-5H3,(H,31,32)(H,37,38)(H,39,40). The molecular formula is C28H38BrN7O8S2. The van der Waals surface area contributed by atoms with Crippen LogP contribution in [0.4, 0.5) is 20.5 Å². The number of ether oxygens (including phenoxy) is 2. The normalized spacial score (nSPS) is 12.9. The third-order valence-corrected chi connectivity index (χ3v) is 10.4. The van der Waals surface area contributed by atoms with Crippen molar-refractivity contribution in [1.82, 2.24) is 25.0 Å². The van der Waals surface area contributed by atoms with Gasteiger partial charge in [0.2, 0.25) is 5.13 Å². The first-order valence-electron chi connectivity index (χ1n) is 14.0. The minimum Gasteiger partial charge on any atom is -0.497 e. The van der Waals surface area contributed by atoms with Gasteiger partial charge < -0.3 is 35.6 Å². The molecule has 1 aromatic carbocycles. The van der Waals surface area contributed by atoms with E-state index in [4.69, 9.17) is 14.6 Å². The van der Waals surface area contributed by atoms with Crippen LogP contribution in [0, 0.1) is 11.3 Å². The molecule has 15 nitrogen and oxygen atoms in total. The quantitative estimate of drug-likeness (QED) is 0.126. The number of anilines is 2. The summed E-state index contributed by atoms with van der Waals surface area (Å²) in [5.74, 6) is 1.12. The Labute approximate surface area is 280 Å². The summed E-state index contributed by atoms with van der Waals surface area (Å²) in [6.45, 7) is 6.17. The number of nitrogens with zero attached hydrogens (tertiary/aromatic N) is 4. The smallest absolute Gasteiger partial charge is 0.404 e. The summed E-state index contributed by atoms with van der Waals surface area (Å²) in [6.07, 6.45) is 1.33. The van der Waals surface area contributed by atoms with E-state index >= 15 is 0 Å². The molecule has 2 atom stereocenters. The summed E-state index contributed by atoms with van der Waals surface area (Å²) >= 11 is 4.36. The minimum atomic E-state index is -4.19. The van der Waals surface area contributed by atoms with Gasteiger partial charge >= 0.3 is 12.2 Å². The van der Waals surface area contributed by atoms with E-state index < -0.39 is 28.3 Å². The number of benzene rings is 1. The van der Waals surface area contributed by atoms with Crippen molar-refractivity contribution >= 4 is 60.6 Å². The number of sulfonamides is 1. The number of pyridine rings is 1. The molecule has 5 N–H and O–H groups in total. The van der Waals surface area contributed by atoms with E-state index in [9.17, 15) is 23.1 Å². The zero-order valence-corrected chi connectivity index (χ0v) is 29.2. The topological polar surface area (TPSA) is 205 Å². The van der Waals surface area contributed by atoms with Crippen LogP contribution in [0.25, 0.3) is 0 Å². The lowest BCUT2D eigenvalue weighted by atomic mass is 9.77. The molecule has 252 valence electrons. The molecule has 0 aliphatic carbocycles. The summed E-state index contributed by atoms with van der Waals surface area (Å²) < 4.78 is 44.2. The van der Waals surface area contributed by atoms with Gasteiger partial charge in [0, 0.05) is 48.5 Å². The molecule has 0 aliphatic heterocycles. The van der Waals surface area contributed by atoms with E-state index in [1.54, 1.807) is 25.1 Å². The maximum Gasteiger partial charge on any atom is 0.404 e. The number of methoxy groups -OCH3 is 2. The molecule has 3 aromatic rings. The summed E-state index contributed by atoms with van der Waals surface area (Å²) in [7, 11) is -1.19. The molecule has 0 bridgehead atoms. The number of rotatable bonds is 17. The molecule has 2 amide bonds. The van der Waals surface area contributed by atoms with E-state index in [1.165, 1.54) is 32.8 Å². The van der Waals surface area contributed by atoms with Crippen molar-refractivity contribution in [3.8, 4) is 11.5 Å². The average molecular weight is 745 g/mol. The van der Waals surface area contributed by atoms with Crippen molar-refractivity contribution in [2.75, 3.05) is 36.9 Å². The zero-order valence-electron chi connectivity index (χ0n) is 26.0. The van der Waals surface area contributed by atoms with Crippen molar-refractivity contribution < 1.29 is 37.7 Å². The maximum absolute atomic E-state index is 14.0. The van der Waals surface area contributed by atoms with Crippen LogP contribution in [-0.4, -0.2) is 78.5 Å². The highest BCUT2D eigenvalue weighted by atomic mass is 79.9. The largest absolute Gasteiger partial charge is 0.497 e. The van der Waals surface area contributed by atoms with Crippen molar-refractivity contribution in [3.05, 3.63) is 46.8 Å². The van der Waals surface area contributed by atoms with Gasteiger partial charge in [0.25, 0.3) is 10.0 Å². The summed E-state index contributed by atoms with van der Waals surface area (Å²) in [5.41, 5.74) is 0.246. The van der Waals surface area contributed by atoms with Crippen LogP contribution in [-0.2, 0) is 16.6 Å². The van der Waals surface area contributed by atoms with Crippen LogP contribution >= 0.6 is 27.5 Å². The van der Waals surface area contributed by atoms with Gasteiger partial charge in [-0.2, -0.15) is 4.37 Å². The van der Waals surface area contributed by atoms with Gasteiger partial charge in [0.1, 0.15) is 28.5 Å². The highest BCUT2D eigenvalue weighted by Gasteiger charge is 2.31. The maximum atomic E-state index is 14.0. The number of hydrogen-bond acceptors (Lipinski definition) is 11. The number of halogens is 1.